The molecule has 0 saturated heterocycles. The highest BCUT2D eigenvalue weighted by molar-refractivity contribution is 5.91. The molecule has 128 valence electrons. The van der Waals surface area contributed by atoms with Gasteiger partial charge >= 0.3 is 0 Å². The highest BCUT2D eigenvalue weighted by atomic mass is 16.1. The summed E-state index contributed by atoms with van der Waals surface area (Å²) in [7, 11) is 0. The Kier molecular flexibility index (Phi) is 3.78. The SMILES string of the molecule is CCCC1CC[C@H]2[C@@H]3CCC4=CC(=O)CC[C@]4(C)[C@@H]3CC[C@]12C. The van der Waals surface area contributed by atoms with E-state index in [0.717, 1.165) is 36.5 Å². The van der Waals surface area contributed by atoms with E-state index in [9.17, 15) is 4.79 Å². The molecule has 0 N–H and O–H groups in total. The van der Waals surface area contributed by atoms with E-state index in [1.807, 2.05) is 6.08 Å². The molecule has 0 aromatic carbocycles. The molecular formula is C22H34O. The van der Waals surface area contributed by atoms with Crippen LogP contribution in [0, 0.1) is 34.5 Å². The van der Waals surface area contributed by atoms with Gasteiger partial charge in [0, 0.05) is 6.42 Å². The van der Waals surface area contributed by atoms with Crippen molar-refractivity contribution in [1.82, 2.24) is 0 Å². The summed E-state index contributed by atoms with van der Waals surface area (Å²) in [6, 6.07) is 0. The lowest BCUT2D eigenvalue weighted by Gasteiger charge is -2.58. The summed E-state index contributed by atoms with van der Waals surface area (Å²) in [6.07, 6.45) is 15.2. The van der Waals surface area contributed by atoms with Crippen LogP contribution in [0.1, 0.15) is 85.0 Å². The zero-order valence-electron chi connectivity index (χ0n) is 15.4. The topological polar surface area (TPSA) is 17.1 Å². The predicted octanol–water partition coefficient (Wildman–Crippen LogP) is 5.93. The van der Waals surface area contributed by atoms with Crippen molar-refractivity contribution >= 4 is 5.78 Å². The highest BCUT2D eigenvalue weighted by Crippen LogP contribution is 2.67. The Morgan fingerprint density at radius 1 is 1.04 bits per heavy atom. The third-order valence-electron chi connectivity index (χ3n) is 8.80. The number of carbonyl (C=O) groups is 1. The minimum absolute atomic E-state index is 0.348. The third kappa shape index (κ3) is 2.21. The molecular weight excluding hydrogens is 280 g/mol. The van der Waals surface area contributed by atoms with Crippen LogP contribution in [-0.4, -0.2) is 5.78 Å². The molecule has 0 heterocycles. The molecule has 1 unspecified atom stereocenters. The van der Waals surface area contributed by atoms with Gasteiger partial charge in [0.25, 0.3) is 0 Å². The Balaban J connectivity index is 1.63. The molecule has 0 aromatic heterocycles. The van der Waals surface area contributed by atoms with Gasteiger partial charge in [-0.05, 0) is 85.5 Å². The van der Waals surface area contributed by atoms with Crippen molar-refractivity contribution in [1.29, 1.82) is 0 Å². The predicted molar refractivity (Wildman–Crippen MR) is 95.1 cm³/mol. The number of rotatable bonds is 2. The number of ketones is 1. The fraction of sp³-hybridized carbons (Fsp3) is 0.864. The van der Waals surface area contributed by atoms with Crippen LogP contribution in [0.15, 0.2) is 11.6 Å². The molecule has 23 heavy (non-hydrogen) atoms. The van der Waals surface area contributed by atoms with E-state index < -0.39 is 0 Å². The minimum atomic E-state index is 0.348. The average molecular weight is 315 g/mol. The summed E-state index contributed by atoms with van der Waals surface area (Å²) in [4.78, 5) is 11.9. The van der Waals surface area contributed by atoms with E-state index >= 15 is 0 Å². The Morgan fingerprint density at radius 3 is 2.65 bits per heavy atom. The molecule has 1 nitrogen and oxygen atoms in total. The molecule has 4 aliphatic rings. The maximum atomic E-state index is 11.9. The fourth-order valence-corrected chi connectivity index (χ4v) is 7.49. The van der Waals surface area contributed by atoms with E-state index in [0.29, 0.717) is 16.6 Å². The Bertz CT molecular complexity index is 532. The third-order valence-corrected chi connectivity index (χ3v) is 8.80. The van der Waals surface area contributed by atoms with E-state index in [-0.39, 0.29) is 0 Å². The first-order valence-electron chi connectivity index (χ1n) is 10.2. The number of fused-ring (bicyclic) bond motifs is 5. The van der Waals surface area contributed by atoms with Crippen LogP contribution in [0.5, 0.6) is 0 Å². The molecule has 0 radical (unpaired) electrons. The van der Waals surface area contributed by atoms with Crippen LogP contribution < -0.4 is 0 Å². The second kappa shape index (κ2) is 5.46. The molecule has 1 heteroatoms. The first-order valence-corrected chi connectivity index (χ1v) is 10.2. The summed E-state index contributed by atoms with van der Waals surface area (Å²) >= 11 is 0. The van der Waals surface area contributed by atoms with Gasteiger partial charge in [-0.15, -0.1) is 0 Å². The standard InChI is InChI=1S/C22H34O/c1-4-5-15-7-9-19-18-8-6-16-14-17(23)10-12-22(16,3)20(18)11-13-21(15,19)2/h14-15,18-20H,4-13H2,1-3H3/t15?,18-,19-,20+,21+,22-/m0/s1. The minimum Gasteiger partial charge on any atom is -0.295 e. The second-order valence-corrected chi connectivity index (χ2v) is 9.58. The molecule has 0 spiro atoms. The number of allylic oxidation sites excluding steroid dienone is 1. The molecule has 0 aromatic rings. The molecule has 4 rings (SSSR count). The van der Waals surface area contributed by atoms with Crippen molar-refractivity contribution in [3.05, 3.63) is 11.6 Å². The molecule has 3 fully saturated rings. The van der Waals surface area contributed by atoms with Crippen LogP contribution in [0.4, 0.5) is 0 Å². The van der Waals surface area contributed by atoms with Gasteiger partial charge < -0.3 is 0 Å². The van der Waals surface area contributed by atoms with Crippen molar-refractivity contribution in [3.8, 4) is 0 Å². The van der Waals surface area contributed by atoms with E-state index in [1.165, 1.54) is 56.9 Å². The van der Waals surface area contributed by atoms with Crippen molar-refractivity contribution in [2.75, 3.05) is 0 Å². The van der Waals surface area contributed by atoms with Crippen LogP contribution in [0.2, 0.25) is 0 Å². The summed E-state index contributed by atoms with van der Waals surface area (Å²) in [5.74, 6) is 4.13. The number of carbonyl (C=O) groups excluding carboxylic acids is 1. The van der Waals surface area contributed by atoms with Crippen LogP contribution in [0.3, 0.4) is 0 Å². The molecule has 0 bridgehead atoms. The maximum absolute atomic E-state index is 11.9. The van der Waals surface area contributed by atoms with Gasteiger partial charge in [-0.2, -0.15) is 0 Å². The first kappa shape index (κ1) is 15.9. The normalized spacial score (nSPS) is 49.2. The van der Waals surface area contributed by atoms with Crippen molar-refractivity contribution in [2.45, 2.75) is 85.0 Å². The molecule has 0 aliphatic heterocycles. The van der Waals surface area contributed by atoms with E-state index in [1.54, 1.807) is 0 Å². The van der Waals surface area contributed by atoms with Gasteiger partial charge in [-0.25, -0.2) is 0 Å². The van der Waals surface area contributed by atoms with Gasteiger partial charge in [0.2, 0.25) is 0 Å². The van der Waals surface area contributed by atoms with Gasteiger partial charge in [0.05, 0.1) is 0 Å². The highest BCUT2D eigenvalue weighted by Gasteiger charge is 2.58. The van der Waals surface area contributed by atoms with E-state index in [2.05, 4.69) is 20.8 Å². The molecule has 3 saturated carbocycles. The quantitative estimate of drug-likeness (QED) is 0.617. The first-order chi connectivity index (χ1) is 11.0. The van der Waals surface area contributed by atoms with Gasteiger partial charge in [0.1, 0.15) is 0 Å². The Labute approximate surface area is 142 Å². The fourth-order valence-electron chi connectivity index (χ4n) is 7.49. The van der Waals surface area contributed by atoms with Gasteiger partial charge in [0.15, 0.2) is 5.78 Å². The number of hydrogen-bond donors (Lipinski definition) is 0. The monoisotopic (exact) mass is 314 g/mol. The summed E-state index contributed by atoms with van der Waals surface area (Å²) in [5.41, 5.74) is 2.49. The molecule has 0 amide bonds. The van der Waals surface area contributed by atoms with Crippen molar-refractivity contribution in [2.24, 2.45) is 34.5 Å². The van der Waals surface area contributed by atoms with Crippen molar-refractivity contribution in [3.63, 3.8) is 0 Å². The maximum Gasteiger partial charge on any atom is 0.155 e. The zero-order chi connectivity index (χ0) is 16.2. The van der Waals surface area contributed by atoms with Gasteiger partial charge in [-0.3, -0.25) is 4.79 Å². The summed E-state index contributed by atoms with van der Waals surface area (Å²) in [6.45, 7) is 7.50. The lowest BCUT2D eigenvalue weighted by molar-refractivity contribution is -0.117. The van der Waals surface area contributed by atoms with Crippen molar-refractivity contribution < 1.29 is 4.79 Å². The van der Waals surface area contributed by atoms with Crippen LogP contribution >= 0.6 is 0 Å². The number of hydrogen-bond acceptors (Lipinski definition) is 1. The van der Waals surface area contributed by atoms with Crippen LogP contribution in [0.25, 0.3) is 0 Å². The lowest BCUT2D eigenvalue weighted by atomic mass is 9.47. The second-order valence-electron chi connectivity index (χ2n) is 9.58. The van der Waals surface area contributed by atoms with Gasteiger partial charge in [-0.1, -0.05) is 39.2 Å². The van der Waals surface area contributed by atoms with E-state index in [4.69, 9.17) is 0 Å². The smallest absolute Gasteiger partial charge is 0.155 e. The van der Waals surface area contributed by atoms with Crippen LogP contribution in [-0.2, 0) is 4.79 Å². The summed E-state index contributed by atoms with van der Waals surface area (Å²) < 4.78 is 0. The molecule has 6 atom stereocenters. The lowest BCUT2D eigenvalue weighted by Crippen LogP contribution is -2.50. The largest absolute Gasteiger partial charge is 0.295 e. The average Bonchev–Trinajstić information content (AvgIpc) is 2.85. The zero-order valence-corrected chi connectivity index (χ0v) is 15.4. The summed E-state index contributed by atoms with van der Waals surface area (Å²) in [5, 5.41) is 0. The Morgan fingerprint density at radius 2 is 1.87 bits per heavy atom. The Hall–Kier alpha value is -0.590. The molecule has 4 aliphatic carbocycles.